The van der Waals surface area contributed by atoms with E-state index in [-0.39, 0.29) is 0 Å². The van der Waals surface area contributed by atoms with E-state index in [0.29, 0.717) is 19.0 Å². The molecule has 0 aromatic heterocycles. The third kappa shape index (κ3) is 5.00. The fourth-order valence-corrected chi connectivity index (χ4v) is 2.44. The van der Waals surface area contributed by atoms with Gasteiger partial charge < -0.3 is 16.0 Å². The molecule has 1 aliphatic heterocycles. The lowest BCUT2D eigenvalue weighted by Crippen LogP contribution is -2.38. The number of fused-ring (bicyclic) bond motifs is 1. The number of benzene rings is 1. The number of hydrogen-bond donors (Lipinski definition) is 4. The van der Waals surface area contributed by atoms with Gasteiger partial charge in [-0.25, -0.2) is 0 Å². The van der Waals surface area contributed by atoms with Crippen LogP contribution in [0, 0.1) is 5.41 Å². The van der Waals surface area contributed by atoms with Crippen LogP contribution in [0.2, 0.25) is 0 Å². The van der Waals surface area contributed by atoms with E-state index >= 15 is 0 Å². The van der Waals surface area contributed by atoms with Crippen LogP contribution in [-0.4, -0.2) is 42.3 Å². The van der Waals surface area contributed by atoms with Crippen molar-refractivity contribution in [2.75, 3.05) is 32.2 Å². The van der Waals surface area contributed by atoms with Gasteiger partial charge >= 0.3 is 0 Å². The summed E-state index contributed by atoms with van der Waals surface area (Å²) >= 11 is 0. The second-order valence-electron chi connectivity index (χ2n) is 5.65. The summed E-state index contributed by atoms with van der Waals surface area (Å²) < 4.78 is 0. The molecule has 130 valence electrons. The Bertz CT molecular complexity index is 601. The van der Waals surface area contributed by atoms with Crippen LogP contribution in [0.25, 0.3) is 0 Å². The molecule has 0 saturated carbocycles. The lowest BCUT2D eigenvalue weighted by Gasteiger charge is -2.25. The van der Waals surface area contributed by atoms with Crippen LogP contribution >= 0.6 is 0 Å². The highest BCUT2D eigenvalue weighted by Gasteiger charge is 2.14. The molecule has 7 nitrogen and oxygen atoms in total. The van der Waals surface area contributed by atoms with E-state index in [9.17, 15) is 0 Å². The molecule has 0 bridgehead atoms. The van der Waals surface area contributed by atoms with Gasteiger partial charge in [0.2, 0.25) is 0 Å². The van der Waals surface area contributed by atoms with Crippen molar-refractivity contribution in [3.63, 3.8) is 0 Å². The summed E-state index contributed by atoms with van der Waals surface area (Å²) in [7, 11) is 1.83. The van der Waals surface area contributed by atoms with E-state index in [2.05, 4.69) is 34.4 Å². The highest BCUT2D eigenvalue weighted by atomic mass is 16.6. The van der Waals surface area contributed by atoms with Crippen LogP contribution in [0.1, 0.15) is 11.1 Å². The molecular formula is C17H26N6O. The summed E-state index contributed by atoms with van der Waals surface area (Å²) in [5, 5.41) is 11.3. The zero-order valence-electron chi connectivity index (χ0n) is 14.1. The topological polar surface area (TPSA) is 89.6 Å². The molecule has 0 unspecified atom stereocenters. The third-order valence-electron chi connectivity index (χ3n) is 3.85. The molecule has 1 aromatic carbocycles. The Kier molecular flexibility index (Phi) is 6.65. The molecule has 1 aliphatic rings. The Morgan fingerprint density at radius 2 is 2.38 bits per heavy atom. The summed E-state index contributed by atoms with van der Waals surface area (Å²) in [5.74, 6) is 0.505. The normalized spacial score (nSPS) is 12.9. The Balaban J connectivity index is 2.00. The molecule has 0 saturated heterocycles. The van der Waals surface area contributed by atoms with Gasteiger partial charge in [-0.1, -0.05) is 12.6 Å². The summed E-state index contributed by atoms with van der Waals surface area (Å²) in [6.07, 6.45) is 4.84. The van der Waals surface area contributed by atoms with Crippen molar-refractivity contribution in [3.8, 4) is 0 Å². The quantitative estimate of drug-likeness (QED) is 0.311. The first-order valence-corrected chi connectivity index (χ1v) is 7.89. The van der Waals surface area contributed by atoms with E-state index in [1.54, 1.807) is 17.3 Å². The number of nitrogens with two attached hydrogens (primary N) is 1. The van der Waals surface area contributed by atoms with Crippen LogP contribution in [-0.2, 0) is 18.0 Å². The maximum Gasteiger partial charge on any atom is 0.114 e. The second kappa shape index (κ2) is 8.95. The van der Waals surface area contributed by atoms with Crippen LogP contribution in [0.5, 0.6) is 0 Å². The summed E-state index contributed by atoms with van der Waals surface area (Å²) in [6.45, 7) is 7.15. The smallest absolute Gasteiger partial charge is 0.114 e. The lowest BCUT2D eigenvalue weighted by molar-refractivity contribution is 0.202. The number of anilines is 1. The van der Waals surface area contributed by atoms with Crippen LogP contribution in [0.15, 0.2) is 43.4 Å². The molecule has 0 aliphatic carbocycles. The van der Waals surface area contributed by atoms with Crippen molar-refractivity contribution in [3.05, 3.63) is 54.5 Å². The summed E-state index contributed by atoms with van der Waals surface area (Å²) in [6, 6.07) is 6.27. The number of nitrogens with zero attached hydrogens (tertiary/aromatic N) is 2. The predicted octanol–water partition coefficient (Wildman–Crippen LogP) is 1.42. The number of nitrogens with one attached hydrogen (secondary N) is 3. The van der Waals surface area contributed by atoms with Crippen molar-refractivity contribution in [1.82, 2.24) is 15.1 Å². The van der Waals surface area contributed by atoms with E-state index in [1.165, 1.54) is 11.8 Å². The molecule has 0 amide bonds. The molecule has 0 radical (unpaired) electrons. The molecule has 1 heterocycles. The third-order valence-corrected chi connectivity index (χ3v) is 3.85. The van der Waals surface area contributed by atoms with Crippen molar-refractivity contribution in [2.24, 2.45) is 5.73 Å². The lowest BCUT2D eigenvalue weighted by atomic mass is 10.1. The maximum atomic E-state index is 8.16. The van der Waals surface area contributed by atoms with E-state index < -0.39 is 0 Å². The van der Waals surface area contributed by atoms with Crippen molar-refractivity contribution < 1.29 is 4.84 Å². The molecule has 1 aromatic rings. The van der Waals surface area contributed by atoms with E-state index in [0.717, 1.165) is 30.9 Å². The molecule has 7 heteroatoms. The maximum absolute atomic E-state index is 8.16. The van der Waals surface area contributed by atoms with Crippen molar-refractivity contribution in [1.29, 1.82) is 5.41 Å². The fraction of sp³-hybridized carbons (Fsp3) is 0.353. The first-order valence-electron chi connectivity index (χ1n) is 7.89. The minimum absolute atomic E-state index is 0.505. The summed E-state index contributed by atoms with van der Waals surface area (Å²) in [4.78, 5) is 9.17. The zero-order valence-corrected chi connectivity index (χ0v) is 14.1. The Morgan fingerprint density at radius 3 is 3.12 bits per heavy atom. The van der Waals surface area contributed by atoms with Crippen molar-refractivity contribution >= 4 is 11.5 Å². The average molecular weight is 330 g/mol. The Labute approximate surface area is 143 Å². The minimum Gasteiger partial charge on any atom is -0.403 e. The highest BCUT2D eigenvalue weighted by molar-refractivity contribution is 5.81. The van der Waals surface area contributed by atoms with Gasteiger partial charge in [0.1, 0.15) is 12.4 Å². The van der Waals surface area contributed by atoms with Crippen molar-refractivity contribution in [2.45, 2.75) is 13.2 Å². The van der Waals surface area contributed by atoms with Gasteiger partial charge in [-0.15, -0.1) is 0 Å². The van der Waals surface area contributed by atoms with Gasteiger partial charge in [0.25, 0.3) is 0 Å². The SMILES string of the molecule is C=CN(C)C(=N)CN(CCN/C=C\N)Cc1ccc2c(c1)CON2. The Hall–Kier alpha value is -2.51. The number of hydrogen-bond acceptors (Lipinski definition) is 6. The number of rotatable bonds is 9. The van der Waals surface area contributed by atoms with Gasteiger partial charge in [-0.3, -0.25) is 20.6 Å². The van der Waals surface area contributed by atoms with Gasteiger partial charge in [0.05, 0.1) is 12.2 Å². The molecule has 0 atom stereocenters. The molecule has 24 heavy (non-hydrogen) atoms. The Morgan fingerprint density at radius 1 is 1.54 bits per heavy atom. The molecule has 5 N–H and O–H groups in total. The highest BCUT2D eigenvalue weighted by Crippen LogP contribution is 2.24. The van der Waals surface area contributed by atoms with Gasteiger partial charge in [-0.05, 0) is 23.9 Å². The number of likely N-dealkylation sites (N-methyl/N-ethyl adjacent to an activating group) is 1. The minimum atomic E-state index is 0.505. The monoisotopic (exact) mass is 330 g/mol. The molecule has 0 fully saturated rings. The van der Waals surface area contributed by atoms with Crippen LogP contribution < -0.4 is 16.5 Å². The summed E-state index contributed by atoms with van der Waals surface area (Å²) in [5.41, 5.74) is 11.6. The van der Waals surface area contributed by atoms with Gasteiger partial charge in [0, 0.05) is 44.6 Å². The van der Waals surface area contributed by atoms with Crippen LogP contribution in [0.4, 0.5) is 5.69 Å². The van der Waals surface area contributed by atoms with E-state index in [4.69, 9.17) is 16.0 Å². The number of amidine groups is 1. The molecule has 2 rings (SSSR count). The first-order chi connectivity index (χ1) is 11.6. The van der Waals surface area contributed by atoms with Gasteiger partial charge in [0.15, 0.2) is 0 Å². The standard InChI is InChI=1S/C17H26N6O/c1-3-22(2)17(19)12-23(9-8-20-7-6-18)11-14-4-5-16-15(10-14)13-24-21-16/h3-7,10,19-21H,1,8-9,11-13,18H2,2H3/b7-6-,19-17?. The first kappa shape index (κ1) is 17.8. The average Bonchev–Trinajstić information content (AvgIpc) is 3.05. The van der Waals surface area contributed by atoms with Gasteiger partial charge in [-0.2, -0.15) is 0 Å². The zero-order chi connectivity index (χ0) is 17.4. The van der Waals surface area contributed by atoms with Crippen LogP contribution in [0.3, 0.4) is 0 Å². The second-order valence-corrected chi connectivity index (χ2v) is 5.65. The molecule has 0 spiro atoms. The predicted molar refractivity (Wildman–Crippen MR) is 97.1 cm³/mol. The molecular weight excluding hydrogens is 304 g/mol. The van der Waals surface area contributed by atoms with E-state index in [1.807, 2.05) is 13.1 Å². The fourth-order valence-electron chi connectivity index (χ4n) is 2.44. The largest absolute Gasteiger partial charge is 0.403 e.